The summed E-state index contributed by atoms with van der Waals surface area (Å²) in [5.41, 5.74) is 1.60. The van der Waals surface area contributed by atoms with Gasteiger partial charge in [0, 0.05) is 6.04 Å². The number of hydrogen-bond acceptors (Lipinski definition) is 1. The molecular weight excluding hydrogens is 189 g/mol. The Morgan fingerprint density at radius 1 is 1.20 bits per heavy atom. The van der Waals surface area contributed by atoms with Crippen molar-refractivity contribution in [3.63, 3.8) is 0 Å². The summed E-state index contributed by atoms with van der Waals surface area (Å²) in [5, 5.41) is 3.08. The van der Waals surface area contributed by atoms with E-state index in [-0.39, 0.29) is 17.3 Å². The zero-order valence-corrected chi connectivity index (χ0v) is 10.2. The molecule has 0 spiro atoms. The van der Waals surface area contributed by atoms with Crippen molar-refractivity contribution in [2.75, 3.05) is 5.32 Å². The van der Waals surface area contributed by atoms with Crippen LogP contribution in [-0.2, 0) is 5.41 Å². The minimum Gasteiger partial charge on any atom is -0.381 e. The maximum Gasteiger partial charge on any atom is 0.146 e. The zero-order chi connectivity index (χ0) is 11.6. The molecule has 0 heterocycles. The Labute approximate surface area is 91.7 Å². The lowest BCUT2D eigenvalue weighted by atomic mass is 9.87. The van der Waals surface area contributed by atoms with E-state index in [1.54, 1.807) is 6.07 Å². The van der Waals surface area contributed by atoms with Crippen LogP contribution >= 0.6 is 0 Å². The van der Waals surface area contributed by atoms with Gasteiger partial charge < -0.3 is 5.32 Å². The van der Waals surface area contributed by atoms with Crippen LogP contribution in [0.3, 0.4) is 0 Å². The normalized spacial score (nSPS) is 11.9. The Bertz CT molecular complexity index is 337. The predicted octanol–water partition coefficient (Wildman–Crippen LogP) is 3.94. The van der Waals surface area contributed by atoms with Crippen LogP contribution in [0.25, 0.3) is 0 Å². The summed E-state index contributed by atoms with van der Waals surface area (Å²) < 4.78 is 13.7. The summed E-state index contributed by atoms with van der Waals surface area (Å²) in [5.74, 6) is -0.170. The van der Waals surface area contributed by atoms with Crippen LogP contribution in [0.5, 0.6) is 0 Å². The molecule has 0 aliphatic carbocycles. The summed E-state index contributed by atoms with van der Waals surface area (Å²) in [4.78, 5) is 0. The third kappa shape index (κ3) is 3.22. The lowest BCUT2D eigenvalue weighted by Gasteiger charge is -2.20. The second kappa shape index (κ2) is 4.21. The fraction of sp³-hybridized carbons (Fsp3) is 0.538. The van der Waals surface area contributed by atoms with Crippen molar-refractivity contribution in [3.8, 4) is 0 Å². The lowest BCUT2D eigenvalue weighted by molar-refractivity contribution is 0.573. The van der Waals surface area contributed by atoms with Crippen molar-refractivity contribution in [1.82, 2.24) is 0 Å². The van der Waals surface area contributed by atoms with Crippen molar-refractivity contribution in [1.29, 1.82) is 0 Å². The van der Waals surface area contributed by atoms with Crippen LogP contribution in [0.2, 0.25) is 0 Å². The van der Waals surface area contributed by atoms with Gasteiger partial charge in [-0.25, -0.2) is 4.39 Å². The maximum absolute atomic E-state index is 13.7. The highest BCUT2D eigenvalue weighted by Gasteiger charge is 2.15. The second-order valence-electron chi connectivity index (χ2n) is 5.24. The molecule has 0 radical (unpaired) electrons. The molecule has 0 unspecified atom stereocenters. The largest absolute Gasteiger partial charge is 0.381 e. The molecule has 0 aliphatic heterocycles. The number of rotatable bonds is 2. The van der Waals surface area contributed by atoms with E-state index < -0.39 is 0 Å². The second-order valence-corrected chi connectivity index (χ2v) is 5.24. The van der Waals surface area contributed by atoms with Crippen molar-refractivity contribution in [2.45, 2.75) is 46.1 Å². The van der Waals surface area contributed by atoms with Gasteiger partial charge in [0.05, 0.1) is 5.69 Å². The summed E-state index contributed by atoms with van der Waals surface area (Å²) in [6.45, 7) is 10.2. The third-order valence-corrected chi connectivity index (χ3v) is 2.28. The molecule has 0 aromatic heterocycles. The highest BCUT2D eigenvalue weighted by atomic mass is 19.1. The molecule has 0 saturated carbocycles. The number of nitrogens with one attached hydrogen (secondary N) is 1. The molecule has 0 fully saturated rings. The molecule has 1 rings (SSSR count). The number of hydrogen-bond donors (Lipinski definition) is 1. The lowest BCUT2D eigenvalue weighted by Crippen LogP contribution is -2.14. The van der Waals surface area contributed by atoms with E-state index in [0.717, 1.165) is 5.56 Å². The van der Waals surface area contributed by atoms with Gasteiger partial charge in [-0.3, -0.25) is 0 Å². The van der Waals surface area contributed by atoms with E-state index in [4.69, 9.17) is 0 Å². The first kappa shape index (κ1) is 12.0. The summed E-state index contributed by atoms with van der Waals surface area (Å²) in [6.07, 6.45) is 0. The maximum atomic E-state index is 13.7. The Morgan fingerprint density at radius 2 is 1.80 bits per heavy atom. The first-order chi connectivity index (χ1) is 6.80. The van der Waals surface area contributed by atoms with E-state index in [2.05, 4.69) is 26.1 Å². The molecule has 0 atom stereocenters. The smallest absolute Gasteiger partial charge is 0.146 e. The van der Waals surface area contributed by atoms with Gasteiger partial charge in [0.25, 0.3) is 0 Å². The van der Waals surface area contributed by atoms with Gasteiger partial charge in [-0.1, -0.05) is 26.8 Å². The van der Waals surface area contributed by atoms with Gasteiger partial charge in [-0.05, 0) is 37.0 Å². The Morgan fingerprint density at radius 3 is 2.20 bits per heavy atom. The number of benzene rings is 1. The number of anilines is 1. The monoisotopic (exact) mass is 209 g/mol. The topological polar surface area (TPSA) is 12.0 Å². The molecule has 84 valence electrons. The molecule has 15 heavy (non-hydrogen) atoms. The van der Waals surface area contributed by atoms with Gasteiger partial charge in [0.1, 0.15) is 5.82 Å². The molecule has 0 bridgehead atoms. The number of halogens is 1. The fourth-order valence-corrected chi connectivity index (χ4v) is 1.41. The van der Waals surface area contributed by atoms with Crippen LogP contribution in [-0.4, -0.2) is 6.04 Å². The summed E-state index contributed by atoms with van der Waals surface area (Å²) >= 11 is 0. The molecule has 0 amide bonds. The van der Waals surface area contributed by atoms with Crippen LogP contribution in [0.15, 0.2) is 18.2 Å². The van der Waals surface area contributed by atoms with E-state index >= 15 is 0 Å². The van der Waals surface area contributed by atoms with Crippen LogP contribution in [0.4, 0.5) is 10.1 Å². The van der Waals surface area contributed by atoms with E-state index in [1.807, 2.05) is 26.0 Å². The minimum atomic E-state index is -0.170. The van der Waals surface area contributed by atoms with Crippen LogP contribution < -0.4 is 5.32 Å². The van der Waals surface area contributed by atoms with Gasteiger partial charge >= 0.3 is 0 Å². The predicted molar refractivity (Wildman–Crippen MR) is 63.9 cm³/mol. The SMILES string of the molecule is CC(C)Nc1ccc(C(C)(C)C)cc1F. The van der Waals surface area contributed by atoms with Crippen molar-refractivity contribution in [3.05, 3.63) is 29.6 Å². The Kier molecular flexibility index (Phi) is 3.38. The first-order valence-electron chi connectivity index (χ1n) is 5.37. The van der Waals surface area contributed by atoms with E-state index in [9.17, 15) is 4.39 Å². The Hall–Kier alpha value is -1.05. The molecule has 1 N–H and O–H groups in total. The van der Waals surface area contributed by atoms with E-state index in [0.29, 0.717) is 5.69 Å². The molecule has 1 nitrogen and oxygen atoms in total. The van der Waals surface area contributed by atoms with Crippen molar-refractivity contribution >= 4 is 5.69 Å². The molecule has 1 aromatic rings. The molecule has 2 heteroatoms. The Balaban J connectivity index is 2.98. The zero-order valence-electron chi connectivity index (χ0n) is 10.2. The average molecular weight is 209 g/mol. The van der Waals surface area contributed by atoms with Crippen molar-refractivity contribution in [2.24, 2.45) is 0 Å². The first-order valence-corrected chi connectivity index (χ1v) is 5.37. The minimum absolute atomic E-state index is 0.00278. The molecular formula is C13H20FN. The fourth-order valence-electron chi connectivity index (χ4n) is 1.41. The third-order valence-electron chi connectivity index (χ3n) is 2.28. The summed E-state index contributed by atoms with van der Waals surface area (Å²) in [6, 6.07) is 5.66. The highest BCUT2D eigenvalue weighted by Crippen LogP contribution is 2.26. The average Bonchev–Trinajstić information content (AvgIpc) is 2.05. The summed E-state index contributed by atoms with van der Waals surface area (Å²) in [7, 11) is 0. The highest BCUT2D eigenvalue weighted by molar-refractivity contribution is 5.47. The van der Waals surface area contributed by atoms with Gasteiger partial charge in [-0.2, -0.15) is 0 Å². The van der Waals surface area contributed by atoms with Gasteiger partial charge in [0.2, 0.25) is 0 Å². The molecule has 0 aliphatic rings. The van der Waals surface area contributed by atoms with E-state index in [1.165, 1.54) is 0 Å². The molecule has 1 aromatic carbocycles. The quantitative estimate of drug-likeness (QED) is 0.777. The van der Waals surface area contributed by atoms with Crippen molar-refractivity contribution < 1.29 is 4.39 Å². The van der Waals surface area contributed by atoms with Gasteiger partial charge in [0.15, 0.2) is 0 Å². The van der Waals surface area contributed by atoms with Gasteiger partial charge in [-0.15, -0.1) is 0 Å². The van der Waals surface area contributed by atoms with Crippen LogP contribution in [0, 0.1) is 5.82 Å². The van der Waals surface area contributed by atoms with Crippen LogP contribution in [0.1, 0.15) is 40.2 Å². The standard InChI is InChI=1S/C13H20FN/c1-9(2)15-12-7-6-10(8-11(12)14)13(3,4)5/h6-9,15H,1-5H3. The molecule has 0 saturated heterocycles.